The molecule has 8 nitrogen and oxygen atoms in total. The molecule has 0 atom stereocenters. The van der Waals surface area contributed by atoms with Crippen molar-refractivity contribution in [3.63, 3.8) is 0 Å². The topological polar surface area (TPSA) is 85.6 Å². The Balaban J connectivity index is 1.53. The first-order valence-electron chi connectivity index (χ1n) is 11.3. The van der Waals surface area contributed by atoms with Gasteiger partial charge < -0.3 is 24.7 Å². The molecule has 2 aromatic rings. The van der Waals surface area contributed by atoms with Crippen LogP contribution < -0.4 is 15.4 Å². The highest BCUT2D eigenvalue weighted by atomic mass is 16.5. The molecule has 170 valence electrons. The fourth-order valence-corrected chi connectivity index (χ4v) is 3.65. The van der Waals surface area contributed by atoms with E-state index in [2.05, 4.69) is 20.8 Å². The maximum absolute atomic E-state index is 6.10. The SMILES string of the molecule is COc1ccc(CN=C(NCCOC2CCCCCC2)NCc2nnc(C)n2C)cc1. The van der Waals surface area contributed by atoms with Gasteiger partial charge in [-0.05, 0) is 37.5 Å². The van der Waals surface area contributed by atoms with E-state index in [4.69, 9.17) is 14.5 Å². The average molecular weight is 429 g/mol. The number of methoxy groups -OCH3 is 1. The first-order valence-corrected chi connectivity index (χ1v) is 11.3. The molecule has 0 amide bonds. The Morgan fingerprint density at radius 2 is 1.84 bits per heavy atom. The van der Waals surface area contributed by atoms with Gasteiger partial charge in [0.2, 0.25) is 0 Å². The van der Waals surface area contributed by atoms with Gasteiger partial charge in [0, 0.05) is 13.6 Å². The van der Waals surface area contributed by atoms with Crippen LogP contribution in [0.4, 0.5) is 0 Å². The molecule has 0 radical (unpaired) electrons. The number of rotatable bonds is 9. The summed E-state index contributed by atoms with van der Waals surface area (Å²) in [6, 6.07) is 7.96. The van der Waals surface area contributed by atoms with Crippen molar-refractivity contribution in [1.29, 1.82) is 0 Å². The third kappa shape index (κ3) is 7.54. The Hall–Kier alpha value is -2.61. The van der Waals surface area contributed by atoms with Crippen LogP contribution in [0.3, 0.4) is 0 Å². The Morgan fingerprint density at radius 3 is 2.48 bits per heavy atom. The number of nitrogens with zero attached hydrogens (tertiary/aromatic N) is 4. The van der Waals surface area contributed by atoms with Crippen molar-refractivity contribution in [1.82, 2.24) is 25.4 Å². The summed E-state index contributed by atoms with van der Waals surface area (Å²) in [5, 5.41) is 15.1. The number of aliphatic imine (C=N–C) groups is 1. The van der Waals surface area contributed by atoms with Crippen molar-refractivity contribution in [2.45, 2.75) is 64.6 Å². The standard InChI is InChI=1S/C23H36N6O2/c1-18-27-28-22(29(18)2)17-26-23(25-16-19-10-12-20(30-3)13-11-19)24-14-15-31-21-8-6-4-5-7-9-21/h10-13,21H,4-9,14-17H2,1-3H3,(H2,24,25,26). The number of aromatic nitrogens is 3. The first-order chi connectivity index (χ1) is 15.2. The summed E-state index contributed by atoms with van der Waals surface area (Å²) in [5.74, 6) is 3.34. The van der Waals surface area contributed by atoms with Gasteiger partial charge in [-0.25, -0.2) is 4.99 Å². The van der Waals surface area contributed by atoms with Crippen LogP contribution in [0.15, 0.2) is 29.3 Å². The summed E-state index contributed by atoms with van der Waals surface area (Å²) >= 11 is 0. The summed E-state index contributed by atoms with van der Waals surface area (Å²) in [6.45, 7) is 4.45. The molecule has 1 aliphatic rings. The highest BCUT2D eigenvalue weighted by Crippen LogP contribution is 2.19. The number of aryl methyl sites for hydroxylation is 1. The maximum Gasteiger partial charge on any atom is 0.192 e. The molecule has 1 aliphatic carbocycles. The molecule has 1 aromatic heterocycles. The predicted octanol–water partition coefficient (Wildman–Crippen LogP) is 3.11. The van der Waals surface area contributed by atoms with Gasteiger partial charge in [-0.1, -0.05) is 37.8 Å². The predicted molar refractivity (Wildman–Crippen MR) is 122 cm³/mol. The van der Waals surface area contributed by atoms with Crippen molar-refractivity contribution < 1.29 is 9.47 Å². The van der Waals surface area contributed by atoms with Crippen molar-refractivity contribution in [3.8, 4) is 5.75 Å². The molecular weight excluding hydrogens is 392 g/mol. The molecule has 1 fully saturated rings. The minimum absolute atomic E-state index is 0.401. The van der Waals surface area contributed by atoms with Crippen molar-refractivity contribution >= 4 is 5.96 Å². The van der Waals surface area contributed by atoms with Crippen molar-refractivity contribution in [2.24, 2.45) is 12.0 Å². The van der Waals surface area contributed by atoms with Crippen molar-refractivity contribution in [3.05, 3.63) is 41.5 Å². The van der Waals surface area contributed by atoms with Gasteiger partial charge in [0.05, 0.1) is 32.9 Å². The van der Waals surface area contributed by atoms with E-state index in [0.717, 1.165) is 28.9 Å². The number of ether oxygens (including phenoxy) is 2. The summed E-state index contributed by atoms with van der Waals surface area (Å²) in [4.78, 5) is 4.74. The van der Waals surface area contributed by atoms with E-state index in [0.29, 0.717) is 32.3 Å². The normalized spacial score (nSPS) is 15.5. The third-order valence-corrected chi connectivity index (χ3v) is 5.73. The minimum Gasteiger partial charge on any atom is -0.497 e. The van der Waals surface area contributed by atoms with Gasteiger partial charge in [-0.3, -0.25) is 0 Å². The highest BCUT2D eigenvalue weighted by molar-refractivity contribution is 5.79. The minimum atomic E-state index is 0.401. The zero-order chi connectivity index (χ0) is 21.9. The van der Waals surface area contributed by atoms with Crippen LogP contribution in [0.25, 0.3) is 0 Å². The van der Waals surface area contributed by atoms with E-state index in [1.165, 1.54) is 38.5 Å². The molecule has 8 heteroatoms. The van der Waals surface area contributed by atoms with Crippen LogP contribution >= 0.6 is 0 Å². The quantitative estimate of drug-likeness (QED) is 0.276. The van der Waals surface area contributed by atoms with E-state index < -0.39 is 0 Å². The van der Waals surface area contributed by atoms with Gasteiger partial charge in [-0.15, -0.1) is 10.2 Å². The number of guanidine groups is 1. The number of nitrogens with one attached hydrogen (secondary N) is 2. The Kier molecular flexibility index (Phi) is 9.15. The lowest BCUT2D eigenvalue weighted by molar-refractivity contribution is 0.0468. The zero-order valence-corrected chi connectivity index (χ0v) is 19.1. The lowest BCUT2D eigenvalue weighted by Gasteiger charge is -2.17. The Bertz CT molecular complexity index is 810. The second-order valence-electron chi connectivity index (χ2n) is 8.00. The van der Waals surface area contributed by atoms with Crippen molar-refractivity contribution in [2.75, 3.05) is 20.3 Å². The smallest absolute Gasteiger partial charge is 0.192 e. The van der Waals surface area contributed by atoms with Gasteiger partial charge in [0.25, 0.3) is 0 Å². The van der Waals surface area contributed by atoms with Crippen LogP contribution in [-0.4, -0.2) is 47.1 Å². The van der Waals surface area contributed by atoms with Gasteiger partial charge in [-0.2, -0.15) is 0 Å². The van der Waals surface area contributed by atoms with E-state index in [1.807, 2.05) is 42.8 Å². The van der Waals surface area contributed by atoms with Gasteiger partial charge in [0.15, 0.2) is 11.8 Å². The van der Waals surface area contributed by atoms with Crippen LogP contribution in [0.2, 0.25) is 0 Å². The number of hydrogen-bond donors (Lipinski definition) is 2. The summed E-state index contributed by atoms with van der Waals surface area (Å²) in [6.07, 6.45) is 8.01. The summed E-state index contributed by atoms with van der Waals surface area (Å²) in [7, 11) is 3.64. The molecule has 1 heterocycles. The zero-order valence-electron chi connectivity index (χ0n) is 19.1. The Labute approximate surface area is 185 Å². The molecule has 1 saturated carbocycles. The molecule has 0 spiro atoms. The average Bonchev–Trinajstić information content (AvgIpc) is 2.98. The van der Waals surface area contributed by atoms with E-state index in [1.54, 1.807) is 7.11 Å². The molecule has 0 saturated heterocycles. The fourth-order valence-electron chi connectivity index (χ4n) is 3.65. The summed E-state index contributed by atoms with van der Waals surface area (Å²) < 4.78 is 13.3. The molecule has 0 aliphatic heterocycles. The Morgan fingerprint density at radius 1 is 1.10 bits per heavy atom. The van der Waals surface area contributed by atoms with Gasteiger partial charge in [0.1, 0.15) is 11.6 Å². The first kappa shape index (κ1) is 23.1. The number of hydrogen-bond acceptors (Lipinski definition) is 5. The molecule has 0 unspecified atom stereocenters. The molecular formula is C23H36N6O2. The van der Waals surface area contributed by atoms with E-state index >= 15 is 0 Å². The van der Waals surface area contributed by atoms with E-state index in [-0.39, 0.29) is 0 Å². The third-order valence-electron chi connectivity index (χ3n) is 5.73. The lowest BCUT2D eigenvalue weighted by Crippen LogP contribution is -2.39. The van der Waals surface area contributed by atoms with Crippen LogP contribution in [0, 0.1) is 6.92 Å². The molecule has 0 bridgehead atoms. The highest BCUT2D eigenvalue weighted by Gasteiger charge is 2.12. The molecule has 2 N–H and O–H groups in total. The second-order valence-corrected chi connectivity index (χ2v) is 8.00. The monoisotopic (exact) mass is 428 g/mol. The van der Waals surface area contributed by atoms with Crippen LogP contribution in [-0.2, 0) is 24.9 Å². The lowest BCUT2D eigenvalue weighted by atomic mass is 10.1. The fraction of sp³-hybridized carbons (Fsp3) is 0.609. The second kappa shape index (κ2) is 12.3. The van der Waals surface area contributed by atoms with Gasteiger partial charge >= 0.3 is 0 Å². The largest absolute Gasteiger partial charge is 0.497 e. The molecule has 3 rings (SSSR count). The molecule has 31 heavy (non-hydrogen) atoms. The molecule has 1 aromatic carbocycles. The van der Waals surface area contributed by atoms with Crippen LogP contribution in [0.1, 0.15) is 55.7 Å². The van der Waals surface area contributed by atoms with Crippen LogP contribution in [0.5, 0.6) is 5.75 Å². The summed E-state index contributed by atoms with van der Waals surface area (Å²) in [5.41, 5.74) is 1.12. The number of benzene rings is 1. The maximum atomic E-state index is 6.10. The van der Waals surface area contributed by atoms with E-state index in [9.17, 15) is 0 Å².